The van der Waals surface area contributed by atoms with Crippen molar-refractivity contribution >= 4 is 12.0 Å². The summed E-state index contributed by atoms with van der Waals surface area (Å²) >= 11 is 0. The van der Waals surface area contributed by atoms with Gasteiger partial charge in [-0.05, 0) is 30.6 Å². The van der Waals surface area contributed by atoms with E-state index < -0.39 is 11.9 Å². The molecule has 0 aromatic heterocycles. The average Bonchev–Trinajstić information content (AvgIpc) is 2.34. The van der Waals surface area contributed by atoms with Gasteiger partial charge in [0.25, 0.3) is 0 Å². The molecule has 20 heavy (non-hydrogen) atoms. The van der Waals surface area contributed by atoms with E-state index in [0.717, 1.165) is 12.8 Å². The predicted octanol–water partition coefficient (Wildman–Crippen LogP) is 2.56. The van der Waals surface area contributed by atoms with E-state index >= 15 is 0 Å². The molecule has 1 atom stereocenters. The summed E-state index contributed by atoms with van der Waals surface area (Å²) in [6, 6.07) is -0.132. The van der Waals surface area contributed by atoms with E-state index in [0.29, 0.717) is 32.0 Å². The molecular formula is C15H28N2O3. The molecule has 5 heteroatoms. The fourth-order valence-corrected chi connectivity index (χ4v) is 2.97. The zero-order valence-corrected chi connectivity index (χ0v) is 13.1. The van der Waals surface area contributed by atoms with Crippen LogP contribution in [0, 0.1) is 17.3 Å². The Morgan fingerprint density at radius 3 is 2.60 bits per heavy atom. The van der Waals surface area contributed by atoms with Crippen LogP contribution >= 0.6 is 0 Å². The van der Waals surface area contributed by atoms with Crippen LogP contribution in [0.15, 0.2) is 0 Å². The number of carbonyl (C=O) groups is 2. The molecular weight excluding hydrogens is 256 g/mol. The fourth-order valence-electron chi connectivity index (χ4n) is 2.97. The Morgan fingerprint density at radius 2 is 2.05 bits per heavy atom. The highest BCUT2D eigenvalue weighted by Crippen LogP contribution is 2.24. The predicted molar refractivity (Wildman–Crippen MR) is 78.6 cm³/mol. The van der Waals surface area contributed by atoms with E-state index in [2.05, 4.69) is 33.0 Å². The summed E-state index contributed by atoms with van der Waals surface area (Å²) in [5, 5.41) is 12.0. The zero-order valence-electron chi connectivity index (χ0n) is 13.1. The molecule has 0 radical (unpaired) electrons. The average molecular weight is 284 g/mol. The third-order valence-electron chi connectivity index (χ3n) is 3.74. The molecule has 0 aliphatic carbocycles. The van der Waals surface area contributed by atoms with Crippen molar-refractivity contribution in [3.63, 3.8) is 0 Å². The summed E-state index contributed by atoms with van der Waals surface area (Å²) in [5.74, 6) is -0.630. The van der Waals surface area contributed by atoms with Gasteiger partial charge in [-0.25, -0.2) is 4.79 Å². The van der Waals surface area contributed by atoms with Gasteiger partial charge in [0.2, 0.25) is 0 Å². The lowest BCUT2D eigenvalue weighted by Crippen LogP contribution is -2.48. The topological polar surface area (TPSA) is 69.6 Å². The standard InChI is InChI=1S/C15H28N2O3/c1-11(2)8-15(3,4)10-16-14(20)17-7-5-6-12(9-17)13(18)19/h11-12H,5-10H2,1-4H3,(H,16,20)(H,18,19). The minimum Gasteiger partial charge on any atom is -0.481 e. The SMILES string of the molecule is CC(C)CC(C)(C)CNC(=O)N1CCCC(C(=O)O)C1. The third kappa shape index (κ3) is 5.39. The molecule has 1 aliphatic rings. The Bertz CT molecular complexity index is 353. The number of carboxylic acids is 1. The minimum atomic E-state index is -0.803. The zero-order chi connectivity index (χ0) is 15.3. The van der Waals surface area contributed by atoms with Crippen LogP contribution in [0.2, 0.25) is 0 Å². The van der Waals surface area contributed by atoms with Crippen molar-refractivity contribution in [2.24, 2.45) is 17.3 Å². The lowest BCUT2D eigenvalue weighted by molar-refractivity contribution is -0.143. The van der Waals surface area contributed by atoms with Crippen LogP contribution < -0.4 is 5.32 Å². The molecule has 1 fully saturated rings. The van der Waals surface area contributed by atoms with Crippen molar-refractivity contribution in [3.05, 3.63) is 0 Å². The minimum absolute atomic E-state index is 0.0613. The number of carboxylic acid groups (broad SMARTS) is 1. The van der Waals surface area contributed by atoms with E-state index in [9.17, 15) is 9.59 Å². The maximum atomic E-state index is 12.1. The Hall–Kier alpha value is -1.26. The van der Waals surface area contributed by atoms with Gasteiger partial charge in [0.05, 0.1) is 5.92 Å². The summed E-state index contributed by atoms with van der Waals surface area (Å²) in [6.45, 7) is 10.2. The van der Waals surface area contributed by atoms with Crippen molar-refractivity contribution in [1.29, 1.82) is 0 Å². The molecule has 5 nitrogen and oxygen atoms in total. The largest absolute Gasteiger partial charge is 0.481 e. The smallest absolute Gasteiger partial charge is 0.317 e. The number of carbonyl (C=O) groups excluding carboxylic acids is 1. The lowest BCUT2D eigenvalue weighted by Gasteiger charge is -2.33. The van der Waals surface area contributed by atoms with Gasteiger partial charge in [0.15, 0.2) is 0 Å². The van der Waals surface area contributed by atoms with E-state index in [1.165, 1.54) is 0 Å². The van der Waals surface area contributed by atoms with Gasteiger partial charge in [-0.1, -0.05) is 27.7 Å². The summed E-state index contributed by atoms with van der Waals surface area (Å²) in [5.41, 5.74) is 0.0613. The molecule has 0 bridgehead atoms. The van der Waals surface area contributed by atoms with Crippen molar-refractivity contribution in [2.45, 2.75) is 47.0 Å². The monoisotopic (exact) mass is 284 g/mol. The maximum absolute atomic E-state index is 12.1. The van der Waals surface area contributed by atoms with Crippen molar-refractivity contribution in [1.82, 2.24) is 10.2 Å². The molecule has 2 N–H and O–H groups in total. The number of urea groups is 1. The van der Waals surface area contributed by atoms with Crippen LogP contribution in [-0.4, -0.2) is 41.6 Å². The fraction of sp³-hybridized carbons (Fsp3) is 0.867. The number of hydrogen-bond acceptors (Lipinski definition) is 2. The van der Waals surface area contributed by atoms with Crippen LogP contribution in [0.25, 0.3) is 0 Å². The normalized spacial score (nSPS) is 20.1. The number of likely N-dealkylation sites (tertiary alicyclic amines) is 1. The van der Waals surface area contributed by atoms with E-state index in [-0.39, 0.29) is 11.4 Å². The number of nitrogens with one attached hydrogen (secondary N) is 1. The molecule has 0 spiro atoms. The van der Waals surface area contributed by atoms with Crippen molar-refractivity contribution < 1.29 is 14.7 Å². The highest BCUT2D eigenvalue weighted by Gasteiger charge is 2.29. The second kappa shape index (κ2) is 6.95. The molecule has 116 valence electrons. The molecule has 1 unspecified atom stereocenters. The highest BCUT2D eigenvalue weighted by molar-refractivity contribution is 5.76. The van der Waals surface area contributed by atoms with Gasteiger partial charge >= 0.3 is 12.0 Å². The van der Waals surface area contributed by atoms with E-state index in [4.69, 9.17) is 5.11 Å². The number of aliphatic carboxylic acids is 1. The molecule has 1 aliphatic heterocycles. The molecule has 0 aromatic carbocycles. The third-order valence-corrected chi connectivity index (χ3v) is 3.74. The molecule has 0 saturated carbocycles. The van der Waals surface area contributed by atoms with Crippen LogP contribution in [0.5, 0.6) is 0 Å². The Kier molecular flexibility index (Phi) is 5.84. The number of nitrogens with zero attached hydrogens (tertiary/aromatic N) is 1. The second-order valence-electron chi connectivity index (χ2n) is 7.04. The molecule has 1 heterocycles. The number of amides is 2. The molecule has 1 rings (SSSR count). The Morgan fingerprint density at radius 1 is 1.40 bits per heavy atom. The summed E-state index contributed by atoms with van der Waals surface area (Å²) in [4.78, 5) is 24.8. The van der Waals surface area contributed by atoms with Gasteiger partial charge in [0, 0.05) is 19.6 Å². The first kappa shape index (κ1) is 16.8. The summed E-state index contributed by atoms with van der Waals surface area (Å²) in [7, 11) is 0. The Labute approximate surface area is 121 Å². The summed E-state index contributed by atoms with van der Waals surface area (Å²) < 4.78 is 0. The second-order valence-corrected chi connectivity index (χ2v) is 7.04. The van der Waals surface area contributed by atoms with Gasteiger partial charge in [-0.3, -0.25) is 4.79 Å². The molecule has 1 saturated heterocycles. The first-order valence-corrected chi connectivity index (χ1v) is 7.47. The van der Waals surface area contributed by atoms with Crippen LogP contribution in [0.4, 0.5) is 4.79 Å². The van der Waals surface area contributed by atoms with E-state index in [1.54, 1.807) is 4.90 Å². The number of rotatable bonds is 5. The first-order valence-electron chi connectivity index (χ1n) is 7.47. The first-order chi connectivity index (χ1) is 9.21. The van der Waals surface area contributed by atoms with Crippen molar-refractivity contribution in [2.75, 3.05) is 19.6 Å². The van der Waals surface area contributed by atoms with Gasteiger partial charge < -0.3 is 15.3 Å². The van der Waals surface area contributed by atoms with Gasteiger partial charge in [-0.2, -0.15) is 0 Å². The molecule has 2 amide bonds. The van der Waals surface area contributed by atoms with Gasteiger partial charge in [0.1, 0.15) is 0 Å². The van der Waals surface area contributed by atoms with Crippen LogP contribution in [0.1, 0.15) is 47.0 Å². The Balaban J connectivity index is 2.44. The summed E-state index contributed by atoms with van der Waals surface area (Å²) in [6.07, 6.45) is 2.47. The highest BCUT2D eigenvalue weighted by atomic mass is 16.4. The lowest BCUT2D eigenvalue weighted by atomic mass is 9.84. The quantitative estimate of drug-likeness (QED) is 0.815. The maximum Gasteiger partial charge on any atom is 0.317 e. The number of piperidine rings is 1. The van der Waals surface area contributed by atoms with E-state index in [1.807, 2.05) is 0 Å². The van der Waals surface area contributed by atoms with Crippen LogP contribution in [0.3, 0.4) is 0 Å². The number of hydrogen-bond donors (Lipinski definition) is 2. The van der Waals surface area contributed by atoms with Crippen LogP contribution in [-0.2, 0) is 4.79 Å². The van der Waals surface area contributed by atoms with Crippen molar-refractivity contribution in [3.8, 4) is 0 Å². The molecule has 0 aromatic rings. The van der Waals surface area contributed by atoms with Gasteiger partial charge in [-0.15, -0.1) is 0 Å².